The number of nitrogens with zero attached hydrogens (tertiary/aromatic N) is 2. The van der Waals surface area contributed by atoms with Crippen molar-refractivity contribution < 1.29 is 17.9 Å². The molecule has 3 nitrogen and oxygen atoms in total. The average Bonchev–Trinajstić information content (AvgIpc) is 2.64. The molecule has 0 aliphatic rings. The van der Waals surface area contributed by atoms with E-state index in [1.165, 1.54) is 42.5 Å². The van der Waals surface area contributed by atoms with Gasteiger partial charge < -0.3 is 4.74 Å². The second-order valence-electron chi connectivity index (χ2n) is 5.42. The largest absolute Gasteiger partial charge is 0.438 e. The predicted molar refractivity (Wildman–Crippen MR) is 95.9 cm³/mol. The molecule has 3 aromatic rings. The molecule has 0 aliphatic heterocycles. The fraction of sp³-hybridized carbons (Fsp3) is 0.0526. The van der Waals surface area contributed by atoms with E-state index in [4.69, 9.17) is 27.9 Å². The van der Waals surface area contributed by atoms with Crippen LogP contribution in [0.4, 0.5) is 13.2 Å². The molecule has 0 unspecified atom stereocenters. The number of alkyl halides is 3. The highest BCUT2D eigenvalue weighted by atomic mass is 35.5. The molecule has 1 heterocycles. The summed E-state index contributed by atoms with van der Waals surface area (Å²) in [5.41, 5.74) is -0.196. The van der Waals surface area contributed by atoms with Crippen molar-refractivity contribution in [2.45, 2.75) is 6.18 Å². The molecular formula is C19H9Cl2F3N2O. The first-order chi connectivity index (χ1) is 12.8. The van der Waals surface area contributed by atoms with Gasteiger partial charge in [-0.15, -0.1) is 0 Å². The van der Waals surface area contributed by atoms with Gasteiger partial charge in [-0.3, -0.25) is 0 Å². The van der Waals surface area contributed by atoms with Crippen LogP contribution in [0.3, 0.4) is 0 Å². The van der Waals surface area contributed by atoms with Crippen LogP contribution in [0, 0.1) is 11.3 Å². The zero-order valence-corrected chi connectivity index (χ0v) is 14.9. The minimum Gasteiger partial charge on any atom is -0.438 e. The second-order valence-corrected chi connectivity index (χ2v) is 6.23. The summed E-state index contributed by atoms with van der Waals surface area (Å²) in [5, 5.41) is 9.82. The van der Waals surface area contributed by atoms with Crippen molar-refractivity contribution in [2.75, 3.05) is 0 Å². The Morgan fingerprint density at radius 3 is 2.41 bits per heavy atom. The third-order valence-electron chi connectivity index (χ3n) is 3.57. The van der Waals surface area contributed by atoms with E-state index in [0.29, 0.717) is 5.02 Å². The van der Waals surface area contributed by atoms with Crippen molar-refractivity contribution in [1.29, 1.82) is 5.26 Å². The van der Waals surface area contributed by atoms with E-state index in [9.17, 15) is 18.4 Å². The number of halogens is 5. The van der Waals surface area contributed by atoms with Crippen molar-refractivity contribution >= 4 is 23.2 Å². The lowest BCUT2D eigenvalue weighted by molar-refractivity contribution is -0.137. The molecular weight excluding hydrogens is 400 g/mol. The Morgan fingerprint density at radius 2 is 1.74 bits per heavy atom. The van der Waals surface area contributed by atoms with Gasteiger partial charge in [0.05, 0.1) is 21.3 Å². The summed E-state index contributed by atoms with van der Waals surface area (Å²) in [7, 11) is 0. The van der Waals surface area contributed by atoms with Gasteiger partial charge in [0.1, 0.15) is 17.4 Å². The van der Waals surface area contributed by atoms with Gasteiger partial charge in [-0.1, -0.05) is 35.3 Å². The molecule has 136 valence electrons. The number of ether oxygens (including phenoxy) is 1. The van der Waals surface area contributed by atoms with E-state index in [1.807, 2.05) is 6.07 Å². The first kappa shape index (κ1) is 19.0. The summed E-state index contributed by atoms with van der Waals surface area (Å²) >= 11 is 11.8. The molecule has 3 rings (SSSR count). The number of hydrogen-bond donors (Lipinski definition) is 0. The summed E-state index contributed by atoms with van der Waals surface area (Å²) in [6.45, 7) is 0. The maximum absolute atomic E-state index is 12.9. The number of benzene rings is 2. The Balaban J connectivity index is 2.01. The highest BCUT2D eigenvalue weighted by Crippen LogP contribution is 2.34. The molecule has 2 aromatic carbocycles. The van der Waals surface area contributed by atoms with Crippen LogP contribution in [0.25, 0.3) is 11.3 Å². The van der Waals surface area contributed by atoms with E-state index in [1.54, 1.807) is 0 Å². The number of rotatable bonds is 3. The molecule has 0 bridgehead atoms. The summed E-state index contributed by atoms with van der Waals surface area (Å²) in [6.07, 6.45) is -4.47. The van der Waals surface area contributed by atoms with Crippen LogP contribution in [0.2, 0.25) is 10.0 Å². The lowest BCUT2D eigenvalue weighted by Crippen LogP contribution is -2.04. The van der Waals surface area contributed by atoms with E-state index in [0.717, 1.165) is 12.1 Å². The van der Waals surface area contributed by atoms with E-state index in [-0.39, 0.29) is 33.5 Å². The van der Waals surface area contributed by atoms with Gasteiger partial charge in [-0.05, 0) is 36.4 Å². The topological polar surface area (TPSA) is 45.9 Å². The van der Waals surface area contributed by atoms with Crippen LogP contribution in [0.5, 0.6) is 11.6 Å². The van der Waals surface area contributed by atoms with E-state index < -0.39 is 11.7 Å². The van der Waals surface area contributed by atoms with Gasteiger partial charge >= 0.3 is 6.18 Å². The standard InChI is InChI=1S/C19H9Cl2F3N2O/c20-15-6-5-14(9-16(15)21)27-18-12(10-25)4-7-17(26-18)11-2-1-3-13(8-11)19(22,23)24/h1-9H. The van der Waals surface area contributed by atoms with Crippen LogP contribution in [-0.4, -0.2) is 4.98 Å². The normalized spacial score (nSPS) is 11.1. The molecule has 0 aliphatic carbocycles. The number of nitriles is 1. The van der Waals surface area contributed by atoms with Gasteiger partial charge in [0.15, 0.2) is 0 Å². The van der Waals surface area contributed by atoms with Crippen molar-refractivity contribution in [1.82, 2.24) is 4.98 Å². The van der Waals surface area contributed by atoms with Gasteiger partial charge in [0.2, 0.25) is 5.88 Å². The van der Waals surface area contributed by atoms with Crippen molar-refractivity contribution in [3.63, 3.8) is 0 Å². The number of pyridine rings is 1. The Kier molecular flexibility index (Phi) is 5.26. The third kappa shape index (κ3) is 4.33. The average molecular weight is 409 g/mol. The monoisotopic (exact) mass is 408 g/mol. The zero-order valence-electron chi connectivity index (χ0n) is 13.4. The molecule has 0 radical (unpaired) electrons. The summed E-state index contributed by atoms with van der Waals surface area (Å²) in [4.78, 5) is 4.20. The predicted octanol–water partition coefficient (Wildman–Crippen LogP) is 6.74. The first-order valence-corrected chi connectivity index (χ1v) is 8.25. The summed E-state index contributed by atoms with van der Waals surface area (Å²) in [6, 6.07) is 14.0. The fourth-order valence-electron chi connectivity index (χ4n) is 2.27. The molecule has 0 spiro atoms. The molecule has 0 saturated carbocycles. The van der Waals surface area contributed by atoms with Gasteiger partial charge in [-0.25, -0.2) is 4.98 Å². The van der Waals surface area contributed by atoms with Crippen LogP contribution < -0.4 is 4.74 Å². The Morgan fingerprint density at radius 1 is 0.963 bits per heavy atom. The van der Waals surface area contributed by atoms with E-state index >= 15 is 0 Å². The smallest absolute Gasteiger partial charge is 0.416 e. The Hall–Kier alpha value is -2.75. The third-order valence-corrected chi connectivity index (χ3v) is 4.31. The van der Waals surface area contributed by atoms with Crippen LogP contribution in [-0.2, 0) is 6.18 Å². The van der Waals surface area contributed by atoms with E-state index in [2.05, 4.69) is 4.98 Å². The Labute approximate surface area is 162 Å². The molecule has 0 amide bonds. The lowest BCUT2D eigenvalue weighted by atomic mass is 10.1. The zero-order chi connectivity index (χ0) is 19.6. The van der Waals surface area contributed by atoms with Gasteiger partial charge in [0.25, 0.3) is 0 Å². The highest BCUT2D eigenvalue weighted by Gasteiger charge is 2.30. The number of aromatic nitrogens is 1. The van der Waals surface area contributed by atoms with Crippen molar-refractivity contribution in [3.8, 4) is 29.0 Å². The van der Waals surface area contributed by atoms with Crippen LogP contribution in [0.15, 0.2) is 54.6 Å². The molecule has 0 fully saturated rings. The van der Waals surface area contributed by atoms with Gasteiger partial charge in [-0.2, -0.15) is 18.4 Å². The van der Waals surface area contributed by atoms with Crippen LogP contribution in [0.1, 0.15) is 11.1 Å². The minimum atomic E-state index is -4.47. The highest BCUT2D eigenvalue weighted by molar-refractivity contribution is 6.42. The minimum absolute atomic E-state index is 0.0502. The Bertz CT molecular complexity index is 1050. The SMILES string of the molecule is N#Cc1ccc(-c2cccc(C(F)(F)F)c2)nc1Oc1ccc(Cl)c(Cl)c1. The lowest BCUT2D eigenvalue weighted by Gasteiger charge is -2.11. The van der Waals surface area contributed by atoms with Crippen molar-refractivity contribution in [2.24, 2.45) is 0 Å². The second kappa shape index (κ2) is 7.47. The molecule has 0 saturated heterocycles. The summed E-state index contributed by atoms with van der Waals surface area (Å²) < 4.78 is 44.4. The quantitative estimate of drug-likeness (QED) is 0.481. The van der Waals surface area contributed by atoms with Gasteiger partial charge in [0, 0.05) is 11.6 Å². The van der Waals surface area contributed by atoms with Crippen molar-refractivity contribution in [3.05, 3.63) is 75.8 Å². The molecule has 27 heavy (non-hydrogen) atoms. The van der Waals surface area contributed by atoms with Crippen LogP contribution >= 0.6 is 23.2 Å². The maximum atomic E-state index is 12.9. The maximum Gasteiger partial charge on any atom is 0.416 e. The molecule has 0 atom stereocenters. The summed E-state index contributed by atoms with van der Waals surface area (Å²) in [5.74, 6) is 0.236. The number of hydrogen-bond acceptors (Lipinski definition) is 3. The molecule has 0 N–H and O–H groups in total. The molecule has 8 heteroatoms. The molecule has 1 aromatic heterocycles. The first-order valence-electron chi connectivity index (χ1n) is 7.49. The fourth-order valence-corrected chi connectivity index (χ4v) is 2.56.